The molecule has 2 rings (SSSR count). The summed E-state index contributed by atoms with van der Waals surface area (Å²) >= 11 is 6.85. The Labute approximate surface area is 113 Å². The summed E-state index contributed by atoms with van der Waals surface area (Å²) < 4.78 is 13.3. The Hall–Kier alpha value is -1.46. The molecular weight excluding hydrogens is 275 g/mol. The van der Waals surface area contributed by atoms with Gasteiger partial charge in [-0.2, -0.15) is 0 Å². The van der Waals surface area contributed by atoms with E-state index < -0.39 is 0 Å². The number of hydrogen-bond donors (Lipinski definition) is 1. The minimum atomic E-state index is -0.321. The fourth-order valence-corrected chi connectivity index (χ4v) is 2.55. The molecule has 2 aromatic rings. The number of rotatable bonds is 3. The number of nitrogens with one attached hydrogen (secondary N) is 1. The van der Waals surface area contributed by atoms with Crippen LogP contribution in [0.4, 0.5) is 4.39 Å². The third-order valence-corrected chi connectivity index (χ3v) is 3.58. The molecule has 1 heterocycles. The van der Waals surface area contributed by atoms with Crippen LogP contribution in [0.2, 0.25) is 4.47 Å². The number of thiazole rings is 1. The first-order valence-electron chi connectivity index (χ1n) is 5.22. The summed E-state index contributed by atoms with van der Waals surface area (Å²) in [6.45, 7) is 1.99. The fourth-order valence-electron chi connectivity index (χ4n) is 1.48. The molecule has 0 spiro atoms. The molecule has 0 bridgehead atoms. The van der Waals surface area contributed by atoms with Gasteiger partial charge in [0.2, 0.25) is 0 Å². The zero-order valence-electron chi connectivity index (χ0n) is 9.54. The van der Waals surface area contributed by atoms with Crippen molar-refractivity contribution in [2.45, 2.75) is 13.5 Å². The molecular formula is C12H10ClFN2OS. The van der Waals surface area contributed by atoms with E-state index in [4.69, 9.17) is 11.6 Å². The van der Waals surface area contributed by atoms with E-state index in [-0.39, 0.29) is 18.3 Å². The molecule has 0 atom stereocenters. The standard InChI is InChI=1S/C12H10ClFN2OS/c1-7-10(18-12(13)16-7)11(17)15-6-8-3-2-4-9(14)5-8/h2-5H,6H2,1H3,(H,15,17). The van der Waals surface area contributed by atoms with Gasteiger partial charge in [-0.1, -0.05) is 35.1 Å². The Bertz CT molecular complexity index is 585. The van der Waals surface area contributed by atoms with Crippen LogP contribution < -0.4 is 5.32 Å². The van der Waals surface area contributed by atoms with Gasteiger partial charge < -0.3 is 5.32 Å². The monoisotopic (exact) mass is 284 g/mol. The van der Waals surface area contributed by atoms with Crippen molar-refractivity contribution in [1.29, 1.82) is 0 Å². The lowest BCUT2D eigenvalue weighted by Gasteiger charge is -2.04. The summed E-state index contributed by atoms with van der Waals surface area (Å²) in [5.74, 6) is -0.570. The Kier molecular flexibility index (Phi) is 3.93. The van der Waals surface area contributed by atoms with Crippen LogP contribution in [0.1, 0.15) is 20.9 Å². The van der Waals surface area contributed by atoms with Crippen LogP contribution in [0.25, 0.3) is 0 Å². The zero-order valence-corrected chi connectivity index (χ0v) is 11.1. The van der Waals surface area contributed by atoms with Crippen molar-refractivity contribution in [1.82, 2.24) is 10.3 Å². The summed E-state index contributed by atoms with van der Waals surface area (Å²) in [6, 6.07) is 6.09. The summed E-state index contributed by atoms with van der Waals surface area (Å²) in [5.41, 5.74) is 1.30. The molecule has 1 amide bonds. The van der Waals surface area contributed by atoms with Gasteiger partial charge in [0.25, 0.3) is 5.91 Å². The van der Waals surface area contributed by atoms with Gasteiger partial charge in [-0.15, -0.1) is 0 Å². The van der Waals surface area contributed by atoms with Crippen molar-refractivity contribution in [3.8, 4) is 0 Å². The first-order chi connectivity index (χ1) is 8.56. The summed E-state index contributed by atoms with van der Waals surface area (Å²) in [7, 11) is 0. The highest BCUT2D eigenvalue weighted by Gasteiger charge is 2.13. The molecule has 0 aliphatic rings. The Morgan fingerprint density at radius 2 is 2.33 bits per heavy atom. The van der Waals surface area contributed by atoms with Gasteiger partial charge >= 0.3 is 0 Å². The van der Waals surface area contributed by atoms with Gasteiger partial charge in [-0.05, 0) is 24.6 Å². The summed E-state index contributed by atoms with van der Waals surface area (Å²) in [5, 5.41) is 2.70. The third-order valence-electron chi connectivity index (χ3n) is 2.32. The minimum absolute atomic E-state index is 0.249. The van der Waals surface area contributed by atoms with Crippen molar-refractivity contribution in [2.24, 2.45) is 0 Å². The molecule has 1 aromatic heterocycles. The quantitative estimate of drug-likeness (QED) is 0.940. The van der Waals surface area contributed by atoms with E-state index in [1.807, 2.05) is 0 Å². The van der Waals surface area contributed by atoms with E-state index in [0.29, 0.717) is 20.6 Å². The highest BCUT2D eigenvalue weighted by Crippen LogP contribution is 2.21. The van der Waals surface area contributed by atoms with Crippen LogP contribution in [0.5, 0.6) is 0 Å². The molecule has 18 heavy (non-hydrogen) atoms. The predicted octanol–water partition coefficient (Wildman–Crippen LogP) is 3.17. The molecule has 0 aliphatic carbocycles. The van der Waals surface area contributed by atoms with E-state index in [0.717, 1.165) is 11.3 Å². The third kappa shape index (κ3) is 3.05. The van der Waals surface area contributed by atoms with Crippen LogP contribution in [-0.2, 0) is 6.54 Å². The number of aryl methyl sites for hydroxylation is 1. The number of hydrogen-bond acceptors (Lipinski definition) is 3. The highest BCUT2D eigenvalue weighted by atomic mass is 35.5. The second kappa shape index (κ2) is 5.46. The van der Waals surface area contributed by atoms with Crippen LogP contribution >= 0.6 is 22.9 Å². The average Bonchev–Trinajstić information content (AvgIpc) is 2.66. The van der Waals surface area contributed by atoms with Crippen LogP contribution in [-0.4, -0.2) is 10.9 Å². The van der Waals surface area contributed by atoms with Crippen molar-refractivity contribution >= 4 is 28.8 Å². The average molecular weight is 285 g/mol. The number of nitrogens with zero attached hydrogens (tertiary/aromatic N) is 1. The number of carbonyl (C=O) groups is 1. The lowest BCUT2D eigenvalue weighted by Crippen LogP contribution is -2.22. The molecule has 1 aromatic carbocycles. The second-order valence-corrected chi connectivity index (χ2v) is 5.28. The SMILES string of the molecule is Cc1nc(Cl)sc1C(=O)NCc1cccc(F)c1. The molecule has 0 saturated heterocycles. The molecule has 3 nitrogen and oxygen atoms in total. The number of halogens is 2. The number of benzene rings is 1. The first-order valence-corrected chi connectivity index (χ1v) is 6.41. The van der Waals surface area contributed by atoms with Crippen LogP contribution in [0.15, 0.2) is 24.3 Å². The first kappa shape index (κ1) is 13.0. The molecule has 0 saturated carbocycles. The van der Waals surface area contributed by atoms with E-state index in [1.54, 1.807) is 19.1 Å². The van der Waals surface area contributed by atoms with Gasteiger partial charge in [0.05, 0.1) is 5.69 Å². The van der Waals surface area contributed by atoms with E-state index in [1.165, 1.54) is 12.1 Å². The Morgan fingerprint density at radius 3 is 2.94 bits per heavy atom. The van der Waals surface area contributed by atoms with Crippen molar-refractivity contribution in [3.05, 3.63) is 50.7 Å². The highest BCUT2D eigenvalue weighted by molar-refractivity contribution is 7.17. The predicted molar refractivity (Wildman–Crippen MR) is 69.4 cm³/mol. The molecule has 0 unspecified atom stereocenters. The lowest BCUT2D eigenvalue weighted by molar-refractivity contribution is 0.0954. The maximum absolute atomic E-state index is 12.9. The zero-order chi connectivity index (χ0) is 13.1. The number of amides is 1. The minimum Gasteiger partial charge on any atom is -0.347 e. The Morgan fingerprint density at radius 1 is 1.56 bits per heavy atom. The molecule has 0 radical (unpaired) electrons. The summed E-state index contributed by atoms with van der Waals surface area (Å²) in [4.78, 5) is 16.3. The van der Waals surface area contributed by atoms with Gasteiger partial charge in [0.15, 0.2) is 4.47 Å². The maximum Gasteiger partial charge on any atom is 0.263 e. The largest absolute Gasteiger partial charge is 0.347 e. The molecule has 1 N–H and O–H groups in total. The maximum atomic E-state index is 12.9. The van der Waals surface area contributed by atoms with Crippen molar-refractivity contribution < 1.29 is 9.18 Å². The van der Waals surface area contributed by atoms with Gasteiger partial charge in [-0.3, -0.25) is 4.79 Å². The van der Waals surface area contributed by atoms with Crippen LogP contribution in [0.3, 0.4) is 0 Å². The van der Waals surface area contributed by atoms with E-state index >= 15 is 0 Å². The second-order valence-electron chi connectivity index (χ2n) is 3.69. The Balaban J connectivity index is 2.03. The molecule has 0 aliphatic heterocycles. The van der Waals surface area contributed by atoms with Gasteiger partial charge in [-0.25, -0.2) is 9.37 Å². The van der Waals surface area contributed by atoms with Crippen molar-refractivity contribution in [2.75, 3.05) is 0 Å². The van der Waals surface area contributed by atoms with E-state index in [2.05, 4.69) is 10.3 Å². The molecule has 94 valence electrons. The molecule has 6 heteroatoms. The molecule has 0 fully saturated rings. The fraction of sp³-hybridized carbons (Fsp3) is 0.167. The van der Waals surface area contributed by atoms with E-state index in [9.17, 15) is 9.18 Å². The topological polar surface area (TPSA) is 42.0 Å². The van der Waals surface area contributed by atoms with Crippen LogP contribution in [0, 0.1) is 12.7 Å². The van der Waals surface area contributed by atoms with Crippen molar-refractivity contribution in [3.63, 3.8) is 0 Å². The normalized spacial score (nSPS) is 10.4. The van der Waals surface area contributed by atoms with Gasteiger partial charge in [0.1, 0.15) is 10.7 Å². The summed E-state index contributed by atoms with van der Waals surface area (Å²) in [6.07, 6.45) is 0. The smallest absolute Gasteiger partial charge is 0.263 e. The van der Waals surface area contributed by atoms with Gasteiger partial charge in [0, 0.05) is 6.54 Å². The number of aromatic nitrogens is 1. The number of carbonyl (C=O) groups excluding carboxylic acids is 1. The lowest BCUT2D eigenvalue weighted by atomic mass is 10.2.